The molecule has 2 aromatic rings. The Morgan fingerprint density at radius 3 is 3.00 bits per heavy atom. The summed E-state index contributed by atoms with van der Waals surface area (Å²) in [5.41, 5.74) is 0.756. The average molecular weight is 268 g/mol. The van der Waals surface area contributed by atoms with Crippen LogP contribution in [-0.4, -0.2) is 9.97 Å². The van der Waals surface area contributed by atoms with Crippen LogP contribution in [0.5, 0.6) is 0 Å². The molecular weight excluding hydrogens is 265 g/mol. The lowest BCUT2D eigenvalue weighted by molar-refractivity contribution is -0.349. The third-order valence-electron chi connectivity index (χ3n) is 1.46. The predicted octanol–water partition coefficient (Wildman–Crippen LogP) is 2.45. The molecule has 0 unspecified atom stereocenters. The SMILES string of the molecule is Clc1nc(Cl)c2c(Br)c[nH]c2[nH+]1. The van der Waals surface area contributed by atoms with Crippen molar-refractivity contribution in [2.24, 2.45) is 0 Å². The Morgan fingerprint density at radius 2 is 2.25 bits per heavy atom. The van der Waals surface area contributed by atoms with Gasteiger partial charge in [0.1, 0.15) is 5.39 Å². The molecule has 2 heterocycles. The van der Waals surface area contributed by atoms with Crippen molar-refractivity contribution in [3.8, 4) is 0 Å². The molecule has 0 spiro atoms. The van der Waals surface area contributed by atoms with Crippen molar-refractivity contribution in [3.63, 3.8) is 0 Å². The molecule has 0 aromatic carbocycles. The second-order valence-electron chi connectivity index (χ2n) is 2.21. The lowest BCUT2D eigenvalue weighted by Crippen LogP contribution is -2.07. The quantitative estimate of drug-likeness (QED) is 0.578. The summed E-state index contributed by atoms with van der Waals surface area (Å²) in [6.07, 6.45) is 1.77. The molecule has 6 heteroatoms. The molecule has 0 atom stereocenters. The summed E-state index contributed by atoms with van der Waals surface area (Å²) < 4.78 is 0.864. The minimum atomic E-state index is 0.266. The van der Waals surface area contributed by atoms with Gasteiger partial charge in [0.05, 0.1) is 10.7 Å². The first-order chi connectivity index (χ1) is 5.68. The third-order valence-corrected chi connectivity index (χ3v) is 2.54. The molecule has 0 amide bonds. The van der Waals surface area contributed by atoms with Crippen molar-refractivity contribution in [3.05, 3.63) is 21.1 Å². The maximum atomic E-state index is 5.84. The van der Waals surface area contributed by atoms with Crippen molar-refractivity contribution in [2.75, 3.05) is 0 Å². The number of halogens is 3. The van der Waals surface area contributed by atoms with E-state index in [4.69, 9.17) is 23.2 Å². The van der Waals surface area contributed by atoms with Gasteiger partial charge in [-0.15, -0.1) is 0 Å². The van der Waals surface area contributed by atoms with Gasteiger partial charge in [0, 0.05) is 0 Å². The Hall–Kier alpha value is -0.320. The van der Waals surface area contributed by atoms with E-state index in [9.17, 15) is 0 Å². The highest BCUT2D eigenvalue weighted by Gasteiger charge is 2.14. The van der Waals surface area contributed by atoms with E-state index in [1.807, 2.05) is 0 Å². The van der Waals surface area contributed by atoms with Crippen molar-refractivity contribution in [2.45, 2.75) is 0 Å². The van der Waals surface area contributed by atoms with Crippen molar-refractivity contribution < 1.29 is 4.98 Å². The van der Waals surface area contributed by atoms with Crippen LogP contribution in [0.15, 0.2) is 10.7 Å². The normalized spacial score (nSPS) is 10.9. The lowest BCUT2D eigenvalue weighted by atomic mass is 10.4. The standard InChI is InChI=1S/C6H2BrCl2N3/c7-2-1-10-5-3(2)4(8)11-6(9)12-5/h1H,(H,10,11,12)/p+1. The molecule has 12 heavy (non-hydrogen) atoms. The molecule has 62 valence electrons. The number of fused-ring (bicyclic) bond motifs is 1. The van der Waals surface area contributed by atoms with Crippen LogP contribution in [0.4, 0.5) is 0 Å². The molecule has 2 rings (SSSR count). The number of nitrogens with one attached hydrogen (secondary N) is 2. The molecule has 3 nitrogen and oxygen atoms in total. The zero-order valence-corrected chi connectivity index (χ0v) is 8.76. The monoisotopic (exact) mass is 266 g/mol. The Kier molecular flexibility index (Phi) is 1.98. The van der Waals surface area contributed by atoms with Gasteiger partial charge in [-0.05, 0) is 39.1 Å². The van der Waals surface area contributed by atoms with Crippen molar-refractivity contribution in [1.82, 2.24) is 9.97 Å². The van der Waals surface area contributed by atoms with E-state index >= 15 is 0 Å². The van der Waals surface area contributed by atoms with Gasteiger partial charge in [-0.3, -0.25) is 4.98 Å². The molecular formula is C6H3BrCl2N3+. The minimum absolute atomic E-state index is 0.266. The number of aromatic nitrogens is 3. The Balaban J connectivity index is 2.93. The molecule has 0 bridgehead atoms. The third kappa shape index (κ3) is 1.20. The van der Waals surface area contributed by atoms with E-state index < -0.39 is 0 Å². The van der Waals surface area contributed by atoms with Crippen molar-refractivity contribution in [1.29, 1.82) is 0 Å². The fourth-order valence-corrected chi connectivity index (χ4v) is 2.09. The predicted molar refractivity (Wildman–Crippen MR) is 50.4 cm³/mol. The first-order valence-electron chi connectivity index (χ1n) is 3.09. The zero-order valence-electron chi connectivity index (χ0n) is 5.66. The van der Waals surface area contributed by atoms with E-state index in [0.29, 0.717) is 5.15 Å². The van der Waals surface area contributed by atoms with E-state index in [-0.39, 0.29) is 5.28 Å². The Morgan fingerprint density at radius 1 is 1.50 bits per heavy atom. The fraction of sp³-hybridized carbons (Fsp3) is 0. The summed E-state index contributed by atoms with van der Waals surface area (Å²) in [5.74, 6) is 0. The molecule has 0 fully saturated rings. The zero-order chi connectivity index (χ0) is 8.72. The van der Waals surface area contributed by atoms with Crippen LogP contribution in [0.1, 0.15) is 0 Å². The highest BCUT2D eigenvalue weighted by atomic mass is 79.9. The summed E-state index contributed by atoms with van der Waals surface area (Å²) in [6.45, 7) is 0. The van der Waals surface area contributed by atoms with Crippen LogP contribution < -0.4 is 4.98 Å². The second kappa shape index (κ2) is 2.87. The summed E-state index contributed by atoms with van der Waals surface area (Å²) in [5, 5.41) is 1.45. The summed E-state index contributed by atoms with van der Waals surface area (Å²) in [6, 6.07) is 0. The highest BCUT2D eigenvalue weighted by Crippen LogP contribution is 2.26. The smallest absolute Gasteiger partial charge is 0.278 e. The largest absolute Gasteiger partial charge is 0.333 e. The van der Waals surface area contributed by atoms with E-state index in [1.54, 1.807) is 6.20 Å². The maximum Gasteiger partial charge on any atom is 0.333 e. The van der Waals surface area contributed by atoms with Gasteiger partial charge in [0.25, 0.3) is 0 Å². The lowest BCUT2D eigenvalue weighted by Gasteiger charge is -1.87. The van der Waals surface area contributed by atoms with Crippen LogP contribution in [0.3, 0.4) is 0 Å². The maximum absolute atomic E-state index is 5.84. The van der Waals surface area contributed by atoms with E-state index in [1.165, 1.54) is 0 Å². The summed E-state index contributed by atoms with van der Waals surface area (Å²) >= 11 is 14.8. The van der Waals surface area contributed by atoms with Gasteiger partial charge < -0.3 is 0 Å². The number of aromatic amines is 2. The van der Waals surface area contributed by atoms with Gasteiger partial charge in [0.15, 0.2) is 0 Å². The number of H-pyrrole nitrogens is 2. The van der Waals surface area contributed by atoms with Crippen LogP contribution in [0.25, 0.3) is 11.0 Å². The van der Waals surface area contributed by atoms with Crippen LogP contribution in [0.2, 0.25) is 10.4 Å². The van der Waals surface area contributed by atoms with Crippen LogP contribution in [0, 0.1) is 0 Å². The number of hydrogen-bond donors (Lipinski definition) is 1. The van der Waals surface area contributed by atoms with Crippen LogP contribution in [-0.2, 0) is 0 Å². The molecule has 0 aliphatic carbocycles. The molecule has 0 aliphatic rings. The van der Waals surface area contributed by atoms with Gasteiger partial charge in [-0.25, -0.2) is 4.98 Å². The number of rotatable bonds is 0. The Bertz CT molecular complexity index is 440. The summed E-state index contributed by atoms with van der Waals surface area (Å²) in [4.78, 5) is 9.65. The number of nitrogens with zero attached hydrogens (tertiary/aromatic N) is 1. The molecule has 2 N–H and O–H groups in total. The molecule has 2 aromatic heterocycles. The first kappa shape index (κ1) is 8.29. The summed E-state index contributed by atoms with van der Waals surface area (Å²) in [7, 11) is 0. The number of hydrogen-bond acceptors (Lipinski definition) is 1. The van der Waals surface area contributed by atoms with Gasteiger partial charge in [-0.1, -0.05) is 4.98 Å². The Labute approximate surface area is 86.2 Å². The first-order valence-corrected chi connectivity index (χ1v) is 4.64. The second-order valence-corrected chi connectivity index (χ2v) is 3.78. The topological polar surface area (TPSA) is 42.8 Å². The minimum Gasteiger partial charge on any atom is -0.278 e. The van der Waals surface area contributed by atoms with Gasteiger partial charge in [0.2, 0.25) is 10.8 Å². The van der Waals surface area contributed by atoms with E-state index in [2.05, 4.69) is 30.9 Å². The van der Waals surface area contributed by atoms with Gasteiger partial charge >= 0.3 is 5.28 Å². The average Bonchev–Trinajstić information content (AvgIpc) is 2.31. The molecule has 0 saturated heterocycles. The van der Waals surface area contributed by atoms with Crippen LogP contribution >= 0.6 is 39.1 Å². The van der Waals surface area contributed by atoms with Crippen molar-refractivity contribution >= 4 is 50.2 Å². The highest BCUT2D eigenvalue weighted by molar-refractivity contribution is 9.10. The molecule has 0 radical (unpaired) electrons. The fourth-order valence-electron chi connectivity index (χ4n) is 0.973. The molecule has 0 saturated carbocycles. The molecule has 0 aliphatic heterocycles. The van der Waals surface area contributed by atoms with E-state index in [0.717, 1.165) is 15.5 Å². The van der Waals surface area contributed by atoms with Gasteiger partial charge in [-0.2, -0.15) is 0 Å².